The standard InChI is InChI=1S/C7H12N4O/c1-10-12-11(9)7-5-3-2-4-6(7)8/h2-5,10H,8-9H2,1H3. The van der Waals surface area contributed by atoms with Gasteiger partial charge in [0.2, 0.25) is 0 Å². The van der Waals surface area contributed by atoms with E-state index >= 15 is 0 Å². The molecule has 0 aromatic heterocycles. The zero-order valence-corrected chi connectivity index (χ0v) is 6.82. The topological polar surface area (TPSA) is 76.5 Å². The Balaban J connectivity index is 2.79. The summed E-state index contributed by atoms with van der Waals surface area (Å²) >= 11 is 0. The van der Waals surface area contributed by atoms with Gasteiger partial charge in [0, 0.05) is 7.05 Å². The van der Waals surface area contributed by atoms with Crippen molar-refractivity contribution in [3.8, 4) is 0 Å². The summed E-state index contributed by atoms with van der Waals surface area (Å²) in [7, 11) is 1.61. The number of para-hydroxylation sites is 2. The lowest BCUT2D eigenvalue weighted by Gasteiger charge is -2.17. The first-order valence-electron chi connectivity index (χ1n) is 3.48. The van der Waals surface area contributed by atoms with E-state index in [4.69, 9.17) is 16.5 Å². The molecule has 0 radical (unpaired) electrons. The van der Waals surface area contributed by atoms with Crippen LogP contribution in [0.25, 0.3) is 0 Å². The molecule has 0 bridgehead atoms. The van der Waals surface area contributed by atoms with Crippen molar-refractivity contribution >= 4 is 11.4 Å². The van der Waals surface area contributed by atoms with Crippen LogP contribution in [-0.4, -0.2) is 7.05 Å². The highest BCUT2D eigenvalue weighted by Gasteiger charge is 2.03. The first kappa shape index (κ1) is 8.79. The van der Waals surface area contributed by atoms with E-state index < -0.39 is 0 Å². The molecule has 1 aromatic carbocycles. The molecule has 66 valence electrons. The highest BCUT2D eigenvalue weighted by molar-refractivity contribution is 5.65. The number of benzene rings is 1. The third kappa shape index (κ3) is 1.85. The molecular formula is C7H12N4O. The lowest BCUT2D eigenvalue weighted by Crippen LogP contribution is -2.36. The van der Waals surface area contributed by atoms with Gasteiger partial charge in [0.25, 0.3) is 0 Å². The van der Waals surface area contributed by atoms with Gasteiger partial charge in [0.1, 0.15) is 5.69 Å². The normalized spacial score (nSPS) is 9.83. The molecule has 1 aromatic rings. The quantitative estimate of drug-likeness (QED) is 0.337. The van der Waals surface area contributed by atoms with Gasteiger partial charge in [-0.3, -0.25) is 0 Å². The molecule has 0 aliphatic carbocycles. The van der Waals surface area contributed by atoms with E-state index in [0.717, 1.165) is 5.17 Å². The molecule has 12 heavy (non-hydrogen) atoms. The minimum atomic E-state index is 0.565. The lowest BCUT2D eigenvalue weighted by atomic mass is 10.3. The van der Waals surface area contributed by atoms with Gasteiger partial charge in [0.05, 0.1) is 5.69 Å². The molecule has 0 fully saturated rings. The first-order valence-corrected chi connectivity index (χ1v) is 3.48. The second-order valence-corrected chi connectivity index (χ2v) is 2.18. The molecule has 5 heteroatoms. The predicted molar refractivity (Wildman–Crippen MR) is 47.7 cm³/mol. The van der Waals surface area contributed by atoms with Gasteiger partial charge in [-0.05, 0) is 12.1 Å². The zero-order valence-electron chi connectivity index (χ0n) is 6.82. The Bertz CT molecular complexity index is 253. The van der Waals surface area contributed by atoms with Gasteiger partial charge < -0.3 is 5.73 Å². The van der Waals surface area contributed by atoms with E-state index in [9.17, 15) is 0 Å². The van der Waals surface area contributed by atoms with E-state index in [2.05, 4.69) is 5.48 Å². The van der Waals surface area contributed by atoms with Crippen LogP contribution >= 0.6 is 0 Å². The maximum atomic E-state index is 5.62. The molecule has 5 nitrogen and oxygen atoms in total. The molecule has 0 saturated carbocycles. The van der Waals surface area contributed by atoms with Crippen molar-refractivity contribution in [2.24, 2.45) is 5.84 Å². The number of hydrazine groups is 1. The summed E-state index contributed by atoms with van der Waals surface area (Å²) in [6.45, 7) is 0. The molecule has 0 unspecified atom stereocenters. The molecule has 0 aliphatic rings. The summed E-state index contributed by atoms with van der Waals surface area (Å²) < 4.78 is 0. The van der Waals surface area contributed by atoms with Gasteiger partial charge in [0.15, 0.2) is 0 Å². The third-order valence-electron chi connectivity index (χ3n) is 1.36. The molecule has 0 aliphatic heterocycles. The van der Waals surface area contributed by atoms with E-state index in [1.807, 2.05) is 12.1 Å². The van der Waals surface area contributed by atoms with Crippen LogP contribution in [-0.2, 0) is 4.94 Å². The van der Waals surface area contributed by atoms with Crippen LogP contribution in [0.3, 0.4) is 0 Å². The fraction of sp³-hybridized carbons (Fsp3) is 0.143. The number of anilines is 2. The smallest absolute Gasteiger partial charge is 0.107 e. The van der Waals surface area contributed by atoms with Gasteiger partial charge in [-0.1, -0.05) is 12.1 Å². The number of hydrogen-bond donors (Lipinski definition) is 3. The predicted octanol–water partition coefficient (Wildman–Crippen LogP) is 0.0149. The Morgan fingerprint density at radius 2 is 2.08 bits per heavy atom. The van der Waals surface area contributed by atoms with Crippen LogP contribution in [0.15, 0.2) is 24.3 Å². The molecule has 0 heterocycles. The Morgan fingerprint density at radius 1 is 1.42 bits per heavy atom. The van der Waals surface area contributed by atoms with E-state index in [0.29, 0.717) is 11.4 Å². The van der Waals surface area contributed by atoms with Crippen LogP contribution in [0.5, 0.6) is 0 Å². The van der Waals surface area contributed by atoms with E-state index in [1.165, 1.54) is 0 Å². The average molecular weight is 168 g/mol. The molecule has 0 spiro atoms. The van der Waals surface area contributed by atoms with E-state index in [-0.39, 0.29) is 0 Å². The molecule has 5 N–H and O–H groups in total. The summed E-state index contributed by atoms with van der Waals surface area (Å²) in [5.74, 6) is 5.47. The fourth-order valence-electron chi connectivity index (χ4n) is 0.836. The van der Waals surface area contributed by atoms with Gasteiger partial charge >= 0.3 is 0 Å². The van der Waals surface area contributed by atoms with Crippen molar-refractivity contribution in [1.82, 2.24) is 5.48 Å². The van der Waals surface area contributed by atoms with Gasteiger partial charge in [-0.2, -0.15) is 15.6 Å². The van der Waals surface area contributed by atoms with Crippen LogP contribution < -0.4 is 22.2 Å². The SMILES string of the molecule is CNON(N)c1ccccc1N. The molecular weight excluding hydrogens is 156 g/mol. The third-order valence-corrected chi connectivity index (χ3v) is 1.36. The molecule has 1 rings (SSSR count). The summed E-state index contributed by atoms with van der Waals surface area (Å²) in [6, 6.07) is 7.15. The summed E-state index contributed by atoms with van der Waals surface area (Å²) in [5, 5.41) is 1.06. The first-order chi connectivity index (χ1) is 5.75. The zero-order chi connectivity index (χ0) is 8.97. The van der Waals surface area contributed by atoms with Crippen LogP contribution in [0.2, 0.25) is 0 Å². The van der Waals surface area contributed by atoms with Crippen molar-refractivity contribution in [3.05, 3.63) is 24.3 Å². The number of hydrogen-bond acceptors (Lipinski definition) is 5. The maximum absolute atomic E-state index is 5.62. The second kappa shape index (κ2) is 3.91. The van der Waals surface area contributed by atoms with Crippen molar-refractivity contribution < 1.29 is 4.94 Å². The monoisotopic (exact) mass is 168 g/mol. The number of nitrogens with zero attached hydrogens (tertiary/aromatic N) is 1. The summed E-state index contributed by atoms with van der Waals surface area (Å²) in [4.78, 5) is 4.79. The molecule has 0 amide bonds. The number of nitrogens with one attached hydrogen (secondary N) is 1. The number of rotatable bonds is 3. The van der Waals surface area contributed by atoms with E-state index in [1.54, 1.807) is 19.2 Å². The largest absolute Gasteiger partial charge is 0.397 e. The maximum Gasteiger partial charge on any atom is 0.107 e. The van der Waals surface area contributed by atoms with Crippen molar-refractivity contribution in [1.29, 1.82) is 0 Å². The Morgan fingerprint density at radius 3 is 2.67 bits per heavy atom. The minimum absolute atomic E-state index is 0.565. The minimum Gasteiger partial charge on any atom is -0.397 e. The van der Waals surface area contributed by atoms with Crippen LogP contribution in [0, 0.1) is 0 Å². The highest BCUT2D eigenvalue weighted by atomic mass is 16.8. The fourth-order valence-corrected chi connectivity index (χ4v) is 0.836. The molecule has 0 saturated heterocycles. The van der Waals surface area contributed by atoms with Gasteiger partial charge in [-0.15, -0.1) is 0 Å². The van der Waals surface area contributed by atoms with Crippen LogP contribution in [0.4, 0.5) is 11.4 Å². The number of nitrogens with two attached hydrogens (primary N) is 2. The average Bonchev–Trinajstić information content (AvgIpc) is 2.05. The highest BCUT2D eigenvalue weighted by Crippen LogP contribution is 2.19. The summed E-state index contributed by atoms with van der Waals surface area (Å²) in [6.07, 6.45) is 0. The van der Waals surface area contributed by atoms with Crippen molar-refractivity contribution in [2.45, 2.75) is 0 Å². The molecule has 0 atom stereocenters. The Hall–Kier alpha value is -1.30. The lowest BCUT2D eigenvalue weighted by molar-refractivity contribution is 0.0354. The number of nitrogen functional groups attached to an aromatic ring is 1. The Kier molecular flexibility index (Phi) is 2.87. The number of hydroxylamine groups is 1. The Labute approximate surface area is 70.8 Å². The van der Waals surface area contributed by atoms with Crippen molar-refractivity contribution in [3.63, 3.8) is 0 Å². The summed E-state index contributed by atoms with van der Waals surface area (Å²) in [5.41, 5.74) is 9.24. The van der Waals surface area contributed by atoms with Crippen LogP contribution in [0.1, 0.15) is 0 Å². The van der Waals surface area contributed by atoms with Crippen molar-refractivity contribution in [2.75, 3.05) is 18.0 Å². The second-order valence-electron chi connectivity index (χ2n) is 2.18. The van der Waals surface area contributed by atoms with Gasteiger partial charge in [-0.25, -0.2) is 5.84 Å².